The number of thiazole rings is 1. The Kier molecular flexibility index (Phi) is 5.24. The van der Waals surface area contributed by atoms with Gasteiger partial charge in [0.1, 0.15) is 18.0 Å². The molecule has 6 nitrogen and oxygen atoms in total. The average molecular weight is 325 g/mol. The Hall–Kier alpha value is -1.99. The Labute approximate surface area is 130 Å². The van der Waals surface area contributed by atoms with Gasteiger partial charge in [0.05, 0.1) is 6.54 Å². The molecular weight excluding hydrogens is 312 g/mol. The average Bonchev–Trinajstić information content (AvgIpc) is 2.89. The topological polar surface area (TPSA) is 68.8 Å². The first-order valence-electron chi connectivity index (χ1n) is 6.01. The fourth-order valence-electron chi connectivity index (χ4n) is 1.55. The summed E-state index contributed by atoms with van der Waals surface area (Å²) in [4.78, 5) is 25.0. The third-order valence-electron chi connectivity index (χ3n) is 2.54. The largest absolute Gasteiger partial charge is 0.399 e. The number of oxime groups is 1. The molecule has 2 aromatic rings. The highest BCUT2D eigenvalue weighted by Crippen LogP contribution is 2.06. The van der Waals surface area contributed by atoms with Crippen LogP contribution < -0.4 is 4.80 Å². The van der Waals surface area contributed by atoms with Gasteiger partial charge in [0.2, 0.25) is 0 Å². The van der Waals surface area contributed by atoms with E-state index in [1.54, 1.807) is 19.2 Å². The summed E-state index contributed by atoms with van der Waals surface area (Å²) in [5.74, 6) is -0.428. The molecule has 0 radical (unpaired) electrons. The quantitative estimate of drug-likeness (QED) is 0.491. The van der Waals surface area contributed by atoms with Gasteiger partial charge < -0.3 is 9.40 Å². The van der Waals surface area contributed by atoms with Gasteiger partial charge >= 0.3 is 0 Å². The van der Waals surface area contributed by atoms with E-state index in [1.807, 2.05) is 22.2 Å². The minimum atomic E-state index is -0.428. The maximum Gasteiger partial charge on any atom is 0.297 e. The number of hydrogen-bond donors (Lipinski definition) is 0. The summed E-state index contributed by atoms with van der Waals surface area (Å²) in [5.41, 5.74) is 1.17. The van der Waals surface area contributed by atoms with Gasteiger partial charge in [0, 0.05) is 17.8 Å². The molecule has 0 saturated heterocycles. The molecule has 0 unspecified atom stereocenters. The summed E-state index contributed by atoms with van der Waals surface area (Å²) < 4.78 is 1.85. The predicted molar refractivity (Wildman–Crippen MR) is 81.3 cm³/mol. The second kappa shape index (κ2) is 7.14. The standard InChI is InChI=1S/C13H13ClN4O2S/c1-9(17-20-2)12(19)16-13-18(5-6-21-13)8-10-3-4-11(14)15-7-10/h3-7H,8H2,1-2H3/b16-13?,17-9+. The number of nitrogens with zero attached hydrogens (tertiary/aromatic N) is 4. The number of hydrogen-bond acceptors (Lipinski definition) is 5. The lowest BCUT2D eigenvalue weighted by Crippen LogP contribution is -2.19. The monoisotopic (exact) mass is 324 g/mol. The molecule has 110 valence electrons. The van der Waals surface area contributed by atoms with Crippen molar-refractivity contribution in [3.05, 3.63) is 45.4 Å². The van der Waals surface area contributed by atoms with Crippen molar-refractivity contribution in [2.45, 2.75) is 13.5 Å². The minimum Gasteiger partial charge on any atom is -0.399 e. The van der Waals surface area contributed by atoms with Crippen LogP contribution in [0.5, 0.6) is 0 Å². The fourth-order valence-corrected chi connectivity index (χ4v) is 2.39. The van der Waals surface area contributed by atoms with E-state index in [0.717, 1.165) is 5.56 Å². The molecule has 0 N–H and O–H groups in total. The van der Waals surface area contributed by atoms with Crippen LogP contribution in [-0.2, 0) is 16.2 Å². The van der Waals surface area contributed by atoms with Gasteiger partial charge in [-0.3, -0.25) is 4.79 Å². The predicted octanol–water partition coefficient (Wildman–Crippen LogP) is 2.10. The van der Waals surface area contributed by atoms with E-state index in [4.69, 9.17) is 11.6 Å². The zero-order valence-electron chi connectivity index (χ0n) is 11.5. The Balaban J connectivity index is 2.24. The zero-order valence-corrected chi connectivity index (χ0v) is 13.1. The second-order valence-electron chi connectivity index (χ2n) is 4.08. The smallest absolute Gasteiger partial charge is 0.297 e. The summed E-state index contributed by atoms with van der Waals surface area (Å²) in [7, 11) is 1.38. The van der Waals surface area contributed by atoms with Crippen LogP contribution in [0.25, 0.3) is 0 Å². The van der Waals surface area contributed by atoms with Gasteiger partial charge in [0.15, 0.2) is 4.80 Å². The second-order valence-corrected chi connectivity index (χ2v) is 5.34. The Morgan fingerprint density at radius 1 is 1.52 bits per heavy atom. The van der Waals surface area contributed by atoms with Gasteiger partial charge in [-0.05, 0) is 18.6 Å². The van der Waals surface area contributed by atoms with E-state index in [9.17, 15) is 4.79 Å². The summed E-state index contributed by atoms with van der Waals surface area (Å²) in [5, 5.41) is 5.88. The molecule has 1 amide bonds. The van der Waals surface area contributed by atoms with Crippen molar-refractivity contribution in [1.82, 2.24) is 9.55 Å². The molecule has 2 aromatic heterocycles. The van der Waals surface area contributed by atoms with Gasteiger partial charge in [-0.15, -0.1) is 11.3 Å². The molecule has 2 rings (SSSR count). The minimum absolute atomic E-state index is 0.200. The fraction of sp³-hybridized carbons (Fsp3) is 0.231. The van der Waals surface area contributed by atoms with Crippen LogP contribution in [-0.4, -0.2) is 28.3 Å². The van der Waals surface area contributed by atoms with E-state index in [1.165, 1.54) is 18.4 Å². The summed E-state index contributed by atoms with van der Waals surface area (Å²) in [6.07, 6.45) is 3.55. The van der Waals surface area contributed by atoms with Crippen molar-refractivity contribution in [3.63, 3.8) is 0 Å². The number of rotatable bonds is 4. The number of amides is 1. The van der Waals surface area contributed by atoms with Crippen molar-refractivity contribution in [2.75, 3.05) is 7.11 Å². The third kappa shape index (κ3) is 4.24. The first-order valence-corrected chi connectivity index (χ1v) is 7.27. The first kappa shape index (κ1) is 15.4. The van der Waals surface area contributed by atoms with E-state index in [-0.39, 0.29) is 5.71 Å². The normalized spacial score (nSPS) is 12.5. The molecule has 0 atom stereocenters. The molecule has 0 saturated carbocycles. The number of halogens is 1. The Morgan fingerprint density at radius 3 is 3.00 bits per heavy atom. The Morgan fingerprint density at radius 2 is 2.33 bits per heavy atom. The maximum absolute atomic E-state index is 11.8. The molecule has 0 aromatic carbocycles. The maximum atomic E-state index is 11.8. The number of carbonyl (C=O) groups excluding carboxylic acids is 1. The molecule has 0 spiro atoms. The van der Waals surface area contributed by atoms with Crippen molar-refractivity contribution in [3.8, 4) is 0 Å². The van der Waals surface area contributed by atoms with Gasteiger partial charge in [0.25, 0.3) is 5.91 Å². The third-order valence-corrected chi connectivity index (χ3v) is 3.55. The Bertz CT molecular complexity index is 718. The summed E-state index contributed by atoms with van der Waals surface area (Å²) in [6, 6.07) is 3.60. The van der Waals surface area contributed by atoms with Crippen LogP contribution in [0.3, 0.4) is 0 Å². The molecule has 8 heteroatoms. The lowest BCUT2D eigenvalue weighted by atomic mass is 10.3. The van der Waals surface area contributed by atoms with E-state index >= 15 is 0 Å². The highest BCUT2D eigenvalue weighted by atomic mass is 35.5. The SMILES string of the molecule is CO/N=C(\C)C(=O)N=c1sccn1Cc1ccc(Cl)nc1. The molecular formula is C13H13ClN4O2S. The van der Waals surface area contributed by atoms with Gasteiger partial charge in [-0.1, -0.05) is 22.8 Å². The molecule has 0 aliphatic carbocycles. The first-order chi connectivity index (χ1) is 10.1. The van der Waals surface area contributed by atoms with Crippen LogP contribution in [0, 0.1) is 0 Å². The van der Waals surface area contributed by atoms with Crippen molar-refractivity contribution < 1.29 is 9.63 Å². The van der Waals surface area contributed by atoms with E-state index in [2.05, 4.69) is 20.0 Å². The molecule has 21 heavy (non-hydrogen) atoms. The lowest BCUT2D eigenvalue weighted by Gasteiger charge is -2.02. The van der Waals surface area contributed by atoms with Crippen LogP contribution >= 0.6 is 22.9 Å². The number of pyridine rings is 1. The molecule has 0 aliphatic rings. The lowest BCUT2D eigenvalue weighted by molar-refractivity contribution is -0.112. The number of carbonyl (C=O) groups is 1. The molecule has 2 heterocycles. The summed E-state index contributed by atoms with van der Waals surface area (Å²) in [6.45, 7) is 2.11. The van der Waals surface area contributed by atoms with Gasteiger partial charge in [-0.2, -0.15) is 4.99 Å². The zero-order chi connectivity index (χ0) is 15.2. The molecule has 0 fully saturated rings. The van der Waals surface area contributed by atoms with E-state index < -0.39 is 5.91 Å². The van der Waals surface area contributed by atoms with Gasteiger partial charge in [-0.25, -0.2) is 4.98 Å². The van der Waals surface area contributed by atoms with Crippen LogP contribution in [0.2, 0.25) is 5.15 Å². The highest BCUT2D eigenvalue weighted by Gasteiger charge is 2.06. The van der Waals surface area contributed by atoms with Crippen LogP contribution in [0.15, 0.2) is 40.1 Å². The van der Waals surface area contributed by atoms with Crippen LogP contribution in [0.1, 0.15) is 12.5 Å². The number of aromatic nitrogens is 2. The molecule has 0 bridgehead atoms. The summed E-state index contributed by atoms with van der Waals surface area (Å²) >= 11 is 7.12. The molecule has 0 aliphatic heterocycles. The van der Waals surface area contributed by atoms with Crippen molar-refractivity contribution in [2.24, 2.45) is 10.1 Å². The highest BCUT2D eigenvalue weighted by molar-refractivity contribution is 7.07. The van der Waals surface area contributed by atoms with Crippen molar-refractivity contribution in [1.29, 1.82) is 0 Å². The van der Waals surface area contributed by atoms with Crippen LogP contribution in [0.4, 0.5) is 0 Å². The van der Waals surface area contributed by atoms with Crippen molar-refractivity contribution >= 4 is 34.6 Å². The van der Waals surface area contributed by atoms with E-state index in [0.29, 0.717) is 16.5 Å².